The molecule has 1 saturated heterocycles. The molecule has 120 valence electrons. The van der Waals surface area contributed by atoms with E-state index in [0.717, 1.165) is 12.1 Å². The van der Waals surface area contributed by atoms with E-state index in [4.69, 9.17) is 9.47 Å². The molecule has 1 aromatic carbocycles. The summed E-state index contributed by atoms with van der Waals surface area (Å²) in [4.78, 5) is 5.55. The first-order chi connectivity index (χ1) is 10.5. The van der Waals surface area contributed by atoms with Gasteiger partial charge in [-0.15, -0.1) is 0 Å². The van der Waals surface area contributed by atoms with Crippen molar-refractivity contribution in [3.8, 4) is 0 Å². The third-order valence-corrected chi connectivity index (χ3v) is 3.30. The zero-order chi connectivity index (χ0) is 16.2. The van der Waals surface area contributed by atoms with Crippen molar-refractivity contribution in [3.05, 3.63) is 48.2 Å². The van der Waals surface area contributed by atoms with Crippen molar-refractivity contribution < 1.29 is 23.4 Å². The fourth-order valence-electron chi connectivity index (χ4n) is 2.41. The second-order valence-corrected chi connectivity index (χ2v) is 5.02. The number of likely N-dealkylation sites (N-methyl/N-ethyl adjacent to an activating group) is 1. The van der Waals surface area contributed by atoms with Gasteiger partial charge in [-0.05, 0) is 6.07 Å². The summed E-state index contributed by atoms with van der Waals surface area (Å²) in [7, 11) is 1.73. The molecule has 2 rings (SSSR count). The highest BCUT2D eigenvalue weighted by Gasteiger charge is 2.45. The van der Waals surface area contributed by atoms with Crippen molar-refractivity contribution in [2.24, 2.45) is 4.99 Å². The van der Waals surface area contributed by atoms with Gasteiger partial charge < -0.3 is 19.5 Å². The number of hydrogen-bond donors (Lipinski definition) is 1. The van der Waals surface area contributed by atoms with Crippen LogP contribution in [0.2, 0.25) is 0 Å². The minimum Gasteiger partial charge on any atom is -0.391 e. The first-order valence-electron chi connectivity index (χ1n) is 6.71. The molecule has 0 radical (unpaired) electrons. The van der Waals surface area contributed by atoms with Crippen molar-refractivity contribution in [2.45, 2.75) is 11.9 Å². The number of halogens is 2. The summed E-state index contributed by atoms with van der Waals surface area (Å²) >= 11 is 0. The highest BCUT2D eigenvalue weighted by molar-refractivity contribution is 5.55. The van der Waals surface area contributed by atoms with Gasteiger partial charge in [-0.25, -0.2) is 13.8 Å². The quantitative estimate of drug-likeness (QED) is 0.641. The molecule has 0 aromatic heterocycles. The number of aliphatic hydroxyl groups is 1. The Morgan fingerprint density at radius 2 is 2.32 bits per heavy atom. The Labute approximate surface area is 127 Å². The van der Waals surface area contributed by atoms with E-state index in [1.807, 2.05) is 0 Å². The second-order valence-electron chi connectivity index (χ2n) is 5.02. The largest absolute Gasteiger partial charge is 0.391 e. The lowest BCUT2D eigenvalue weighted by atomic mass is 9.93. The molecule has 1 aromatic rings. The van der Waals surface area contributed by atoms with Gasteiger partial charge in [0.05, 0.1) is 26.1 Å². The summed E-state index contributed by atoms with van der Waals surface area (Å²) in [5.74, 6) is -1.40. The standard InChI is InChI=1S/C15H18F2N2O3/c1-3-18-10-19(2)8-15(9-21-14(7-20)22-15)12-5-4-11(16)6-13(12)17/h3-6,10,14,20H,1,7-9H2,2H3/t14?,15-/m1/s1. The minimum atomic E-state index is -1.16. The highest BCUT2D eigenvalue weighted by Crippen LogP contribution is 2.36. The summed E-state index contributed by atoms with van der Waals surface area (Å²) in [6, 6.07) is 3.28. The number of benzene rings is 1. The van der Waals surface area contributed by atoms with Crippen LogP contribution >= 0.6 is 0 Å². The summed E-state index contributed by atoms with van der Waals surface area (Å²) in [6.45, 7) is 3.37. The van der Waals surface area contributed by atoms with Crippen molar-refractivity contribution in [3.63, 3.8) is 0 Å². The van der Waals surface area contributed by atoms with Gasteiger partial charge in [-0.2, -0.15) is 0 Å². The van der Waals surface area contributed by atoms with E-state index < -0.39 is 23.5 Å². The Balaban J connectivity index is 2.34. The maximum atomic E-state index is 14.2. The zero-order valence-electron chi connectivity index (χ0n) is 12.2. The number of aliphatic imine (C=N–C) groups is 1. The Bertz CT molecular complexity index is 568. The van der Waals surface area contributed by atoms with Gasteiger partial charge in [0, 0.05) is 24.9 Å². The van der Waals surface area contributed by atoms with Gasteiger partial charge in [0.15, 0.2) is 6.29 Å². The monoisotopic (exact) mass is 312 g/mol. The number of nitrogens with zero attached hydrogens (tertiary/aromatic N) is 2. The molecule has 0 saturated carbocycles. The van der Waals surface area contributed by atoms with Crippen molar-refractivity contribution in [1.82, 2.24) is 4.90 Å². The normalized spacial score (nSPS) is 24.8. The van der Waals surface area contributed by atoms with Gasteiger partial charge in [0.1, 0.15) is 17.2 Å². The Kier molecular flexibility index (Phi) is 5.23. The molecule has 0 amide bonds. The van der Waals surface area contributed by atoms with Crippen LogP contribution in [-0.4, -0.2) is 49.4 Å². The molecular weight excluding hydrogens is 294 g/mol. The van der Waals surface area contributed by atoms with Gasteiger partial charge in [0.25, 0.3) is 0 Å². The molecule has 0 spiro atoms. The number of aliphatic hydroxyl groups excluding tert-OH is 1. The average molecular weight is 312 g/mol. The second kappa shape index (κ2) is 6.95. The van der Waals surface area contributed by atoms with E-state index in [-0.39, 0.29) is 25.3 Å². The van der Waals surface area contributed by atoms with E-state index in [2.05, 4.69) is 11.6 Å². The molecule has 7 heteroatoms. The first kappa shape index (κ1) is 16.5. The molecule has 0 aliphatic carbocycles. The topological polar surface area (TPSA) is 54.3 Å². The fraction of sp³-hybridized carbons (Fsp3) is 0.400. The van der Waals surface area contributed by atoms with Crippen molar-refractivity contribution in [1.29, 1.82) is 0 Å². The van der Waals surface area contributed by atoms with Crippen LogP contribution in [0.1, 0.15) is 5.56 Å². The molecular formula is C15H18F2N2O3. The smallest absolute Gasteiger partial charge is 0.182 e. The summed E-state index contributed by atoms with van der Waals surface area (Å²) in [5, 5.41) is 9.18. The highest BCUT2D eigenvalue weighted by atomic mass is 19.1. The third-order valence-electron chi connectivity index (χ3n) is 3.30. The van der Waals surface area contributed by atoms with E-state index >= 15 is 0 Å². The lowest BCUT2D eigenvalue weighted by Gasteiger charge is -2.31. The zero-order valence-corrected chi connectivity index (χ0v) is 12.2. The van der Waals surface area contributed by atoms with Crippen molar-refractivity contribution in [2.75, 3.05) is 26.8 Å². The molecule has 0 bridgehead atoms. The van der Waals surface area contributed by atoms with Crippen LogP contribution < -0.4 is 0 Å². The average Bonchev–Trinajstić information content (AvgIpc) is 2.89. The molecule has 1 aliphatic rings. The van der Waals surface area contributed by atoms with Gasteiger partial charge in [-0.3, -0.25) is 0 Å². The molecule has 1 N–H and O–H groups in total. The van der Waals surface area contributed by atoms with Gasteiger partial charge in [0.2, 0.25) is 0 Å². The van der Waals surface area contributed by atoms with Crippen molar-refractivity contribution >= 4 is 6.34 Å². The molecule has 1 fully saturated rings. The number of hydrogen-bond acceptors (Lipinski definition) is 4. The molecule has 22 heavy (non-hydrogen) atoms. The SMILES string of the molecule is C=CN=CN(C)C[C@]1(c2ccc(F)cc2F)COC(CO)O1. The lowest BCUT2D eigenvalue weighted by molar-refractivity contribution is -0.119. The first-order valence-corrected chi connectivity index (χ1v) is 6.71. The summed E-state index contributed by atoms with van der Waals surface area (Å²) < 4.78 is 38.3. The third kappa shape index (κ3) is 3.49. The number of ether oxygens (including phenoxy) is 2. The predicted molar refractivity (Wildman–Crippen MR) is 77.3 cm³/mol. The number of rotatable bonds is 6. The van der Waals surface area contributed by atoms with E-state index in [1.54, 1.807) is 11.9 Å². The van der Waals surface area contributed by atoms with Crippen LogP contribution in [0.5, 0.6) is 0 Å². The molecule has 2 atom stereocenters. The van der Waals surface area contributed by atoms with Crippen LogP contribution in [0, 0.1) is 11.6 Å². The minimum absolute atomic E-state index is 0.0348. The van der Waals surface area contributed by atoms with Gasteiger partial charge in [-0.1, -0.05) is 12.6 Å². The van der Waals surface area contributed by atoms with E-state index in [9.17, 15) is 13.9 Å². The van der Waals surface area contributed by atoms with Gasteiger partial charge >= 0.3 is 0 Å². The summed E-state index contributed by atoms with van der Waals surface area (Å²) in [5.41, 5.74) is -0.990. The van der Waals surface area contributed by atoms with Crippen LogP contribution in [-0.2, 0) is 15.1 Å². The molecule has 5 nitrogen and oxygen atoms in total. The molecule has 1 heterocycles. The van der Waals surface area contributed by atoms with Crippen LogP contribution in [0.3, 0.4) is 0 Å². The van der Waals surface area contributed by atoms with Crippen LogP contribution in [0.25, 0.3) is 0 Å². The molecule has 1 unspecified atom stereocenters. The summed E-state index contributed by atoms with van der Waals surface area (Å²) in [6.07, 6.45) is 2.02. The van der Waals surface area contributed by atoms with Crippen LogP contribution in [0.4, 0.5) is 8.78 Å². The Hall–Kier alpha value is -1.83. The fourth-order valence-corrected chi connectivity index (χ4v) is 2.41. The maximum Gasteiger partial charge on any atom is 0.182 e. The molecule has 1 aliphatic heterocycles. The Morgan fingerprint density at radius 3 is 2.91 bits per heavy atom. The van der Waals surface area contributed by atoms with E-state index in [1.165, 1.54) is 18.6 Å². The lowest BCUT2D eigenvalue weighted by Crippen LogP contribution is -2.42. The Morgan fingerprint density at radius 1 is 1.55 bits per heavy atom. The van der Waals surface area contributed by atoms with Crippen LogP contribution in [0.15, 0.2) is 36.0 Å². The van der Waals surface area contributed by atoms with E-state index in [0.29, 0.717) is 0 Å². The predicted octanol–water partition coefficient (Wildman–Crippen LogP) is 1.63. The maximum absolute atomic E-state index is 14.2.